The lowest BCUT2D eigenvalue weighted by atomic mass is 10.0. The van der Waals surface area contributed by atoms with Gasteiger partial charge in [-0.25, -0.2) is 4.98 Å². The van der Waals surface area contributed by atoms with Crippen molar-refractivity contribution in [3.63, 3.8) is 0 Å². The molecule has 0 fully saturated rings. The van der Waals surface area contributed by atoms with Gasteiger partial charge in [-0.2, -0.15) is 10.1 Å². The number of aromatic nitrogens is 1. The summed E-state index contributed by atoms with van der Waals surface area (Å²) in [7, 11) is 0. The summed E-state index contributed by atoms with van der Waals surface area (Å²) >= 11 is 4.83. The van der Waals surface area contributed by atoms with Gasteiger partial charge in [0.2, 0.25) is 10.6 Å². The molecule has 6 aromatic rings. The number of para-hydroxylation sites is 1. The van der Waals surface area contributed by atoms with Crippen molar-refractivity contribution >= 4 is 65.7 Å². The largest absolute Gasteiger partial charge is 0.463 e. The molecule has 0 bridgehead atoms. The minimum Gasteiger partial charge on any atom is -0.463 e. The molecule has 0 aliphatic heterocycles. The lowest BCUT2D eigenvalue weighted by Crippen LogP contribution is -2.26. The number of hydrogen-bond acceptors (Lipinski definition) is 6. The van der Waals surface area contributed by atoms with Crippen molar-refractivity contribution in [1.82, 2.24) is 4.98 Å². The molecular formula is C31H20BrN3O3S. The summed E-state index contributed by atoms with van der Waals surface area (Å²) in [5.41, 5.74) is 3.97. The molecule has 0 atom stereocenters. The summed E-state index contributed by atoms with van der Waals surface area (Å²) in [4.78, 5) is 31.4. The van der Waals surface area contributed by atoms with E-state index in [4.69, 9.17) is 4.42 Å². The first-order valence-electron chi connectivity index (χ1n) is 12.1. The van der Waals surface area contributed by atoms with E-state index < -0.39 is 0 Å². The third-order valence-electron chi connectivity index (χ3n) is 6.18. The van der Waals surface area contributed by atoms with E-state index >= 15 is 0 Å². The number of benzene rings is 4. The van der Waals surface area contributed by atoms with Gasteiger partial charge in [0.25, 0.3) is 5.91 Å². The molecule has 8 heteroatoms. The number of carbonyl (C=O) groups is 1. The summed E-state index contributed by atoms with van der Waals surface area (Å²) in [5, 5.41) is 6.52. The first-order valence-corrected chi connectivity index (χ1v) is 13.7. The third kappa shape index (κ3) is 5.30. The maximum Gasteiger partial charge on any atom is 0.280 e. The molecule has 0 aliphatic carbocycles. The number of halogens is 1. The molecule has 0 unspecified atom stereocenters. The SMILES string of the molecule is O=C(c1ccc(Cc2ccccc2)cc1)N(/N=C/c1coc2ccccc2c1=O)c1nc2ccc(Br)cc2s1. The summed E-state index contributed by atoms with van der Waals surface area (Å²) in [6.07, 6.45) is 3.47. The summed E-state index contributed by atoms with van der Waals surface area (Å²) < 4.78 is 7.43. The second-order valence-corrected chi connectivity index (χ2v) is 10.8. The second kappa shape index (κ2) is 10.8. The molecule has 39 heavy (non-hydrogen) atoms. The second-order valence-electron chi connectivity index (χ2n) is 8.85. The maximum atomic E-state index is 13.7. The van der Waals surface area contributed by atoms with Gasteiger partial charge in [0, 0.05) is 10.0 Å². The third-order valence-corrected chi connectivity index (χ3v) is 7.67. The van der Waals surface area contributed by atoms with Crippen LogP contribution in [0.25, 0.3) is 21.2 Å². The monoisotopic (exact) mass is 593 g/mol. The molecule has 2 aromatic heterocycles. The Morgan fingerprint density at radius 1 is 0.949 bits per heavy atom. The van der Waals surface area contributed by atoms with Gasteiger partial charge in [0.05, 0.1) is 27.4 Å². The van der Waals surface area contributed by atoms with E-state index in [0.717, 1.165) is 26.7 Å². The molecular weight excluding hydrogens is 574 g/mol. The number of carbonyl (C=O) groups excluding carboxylic acids is 1. The topological polar surface area (TPSA) is 75.8 Å². The Labute approximate surface area is 236 Å². The number of anilines is 1. The van der Waals surface area contributed by atoms with Gasteiger partial charge in [-0.1, -0.05) is 81.9 Å². The smallest absolute Gasteiger partial charge is 0.280 e. The van der Waals surface area contributed by atoms with Crippen LogP contribution in [0.15, 0.2) is 122 Å². The number of rotatable bonds is 6. The minimum absolute atomic E-state index is 0.230. The zero-order chi connectivity index (χ0) is 26.8. The standard InChI is InChI=1S/C31H20BrN3O3S/c32-24-14-15-26-28(17-24)39-31(34-26)35(33-18-23-19-38-27-9-5-4-8-25(27)29(23)36)30(37)22-12-10-21(11-13-22)16-20-6-2-1-3-7-20/h1-15,17-19H,16H2/b33-18+. The highest BCUT2D eigenvalue weighted by molar-refractivity contribution is 9.10. The van der Waals surface area contributed by atoms with E-state index in [2.05, 4.69) is 38.1 Å². The molecule has 0 saturated heterocycles. The molecule has 6 nitrogen and oxygen atoms in total. The van der Waals surface area contributed by atoms with Crippen LogP contribution in [-0.4, -0.2) is 17.1 Å². The van der Waals surface area contributed by atoms with Gasteiger partial charge >= 0.3 is 0 Å². The molecule has 0 saturated carbocycles. The van der Waals surface area contributed by atoms with Crippen LogP contribution in [0.5, 0.6) is 0 Å². The van der Waals surface area contributed by atoms with Gasteiger partial charge < -0.3 is 4.42 Å². The molecule has 190 valence electrons. The van der Waals surface area contributed by atoms with E-state index in [9.17, 15) is 9.59 Å². The highest BCUT2D eigenvalue weighted by Crippen LogP contribution is 2.32. The first kappa shape index (κ1) is 24.9. The van der Waals surface area contributed by atoms with Crippen LogP contribution >= 0.6 is 27.3 Å². The molecule has 0 N–H and O–H groups in total. The van der Waals surface area contributed by atoms with Crippen molar-refractivity contribution < 1.29 is 9.21 Å². The Kier molecular flexibility index (Phi) is 6.87. The highest BCUT2D eigenvalue weighted by atomic mass is 79.9. The van der Waals surface area contributed by atoms with Crippen molar-refractivity contribution in [3.05, 3.63) is 140 Å². The van der Waals surface area contributed by atoms with E-state index in [0.29, 0.717) is 21.7 Å². The summed E-state index contributed by atoms with van der Waals surface area (Å²) in [6, 6.07) is 30.3. The van der Waals surface area contributed by atoms with Gasteiger partial charge in [-0.3, -0.25) is 9.59 Å². The Bertz CT molecular complexity index is 1900. The van der Waals surface area contributed by atoms with Crippen LogP contribution in [0, 0.1) is 0 Å². The fourth-order valence-electron chi connectivity index (χ4n) is 4.19. The fraction of sp³-hybridized carbons (Fsp3) is 0.0323. The van der Waals surface area contributed by atoms with Crippen LogP contribution in [0.4, 0.5) is 5.13 Å². The van der Waals surface area contributed by atoms with E-state index in [1.165, 1.54) is 34.4 Å². The molecule has 2 heterocycles. The van der Waals surface area contributed by atoms with Gasteiger partial charge in [-0.15, -0.1) is 0 Å². The van der Waals surface area contributed by atoms with Gasteiger partial charge in [-0.05, 0) is 60.0 Å². The summed E-state index contributed by atoms with van der Waals surface area (Å²) in [5.74, 6) is -0.360. The minimum atomic E-state index is -0.360. The predicted molar refractivity (Wildman–Crippen MR) is 160 cm³/mol. The van der Waals surface area contributed by atoms with Crippen LogP contribution in [0.3, 0.4) is 0 Å². The highest BCUT2D eigenvalue weighted by Gasteiger charge is 2.21. The van der Waals surface area contributed by atoms with Crippen LogP contribution in [-0.2, 0) is 6.42 Å². The number of amides is 1. The number of hydrogen-bond donors (Lipinski definition) is 0. The van der Waals surface area contributed by atoms with Crippen LogP contribution in [0.2, 0.25) is 0 Å². The van der Waals surface area contributed by atoms with E-state index in [1.807, 2.05) is 48.5 Å². The Morgan fingerprint density at radius 2 is 1.69 bits per heavy atom. The predicted octanol–water partition coefficient (Wildman–Crippen LogP) is 7.44. The summed E-state index contributed by atoms with van der Waals surface area (Å²) in [6.45, 7) is 0. The Balaban J connectivity index is 1.36. The number of hydrazone groups is 1. The van der Waals surface area contributed by atoms with E-state index in [-0.39, 0.29) is 16.9 Å². The van der Waals surface area contributed by atoms with E-state index in [1.54, 1.807) is 36.4 Å². The first-order chi connectivity index (χ1) is 19.0. The fourth-order valence-corrected chi connectivity index (χ4v) is 5.66. The van der Waals surface area contributed by atoms with Crippen molar-refractivity contribution in [1.29, 1.82) is 0 Å². The van der Waals surface area contributed by atoms with Crippen LogP contribution in [0.1, 0.15) is 27.0 Å². The molecule has 4 aromatic carbocycles. The zero-order valence-electron chi connectivity index (χ0n) is 20.5. The van der Waals surface area contributed by atoms with Crippen molar-refractivity contribution in [2.45, 2.75) is 6.42 Å². The van der Waals surface area contributed by atoms with Crippen LogP contribution < -0.4 is 10.4 Å². The van der Waals surface area contributed by atoms with Crippen molar-refractivity contribution in [2.24, 2.45) is 5.10 Å². The normalized spacial score (nSPS) is 11.4. The van der Waals surface area contributed by atoms with Crippen molar-refractivity contribution in [2.75, 3.05) is 5.01 Å². The number of thiazole rings is 1. The molecule has 0 radical (unpaired) electrons. The number of nitrogens with zero attached hydrogens (tertiary/aromatic N) is 3. The Morgan fingerprint density at radius 3 is 2.51 bits per heavy atom. The molecule has 6 rings (SSSR count). The average Bonchev–Trinajstić information content (AvgIpc) is 3.38. The molecule has 1 amide bonds. The quantitative estimate of drug-likeness (QED) is 0.148. The average molecular weight is 594 g/mol. The lowest BCUT2D eigenvalue weighted by molar-refractivity contribution is 0.0988. The Hall–Kier alpha value is -4.40. The lowest BCUT2D eigenvalue weighted by Gasteiger charge is -2.14. The number of fused-ring (bicyclic) bond motifs is 2. The zero-order valence-corrected chi connectivity index (χ0v) is 22.9. The molecule has 0 aliphatic rings. The maximum absolute atomic E-state index is 13.7. The van der Waals surface area contributed by atoms with Gasteiger partial charge in [0.15, 0.2) is 0 Å². The van der Waals surface area contributed by atoms with Crippen molar-refractivity contribution in [3.8, 4) is 0 Å². The molecule has 0 spiro atoms. The van der Waals surface area contributed by atoms with Gasteiger partial charge in [0.1, 0.15) is 11.8 Å².